The Bertz CT molecular complexity index is 806. The zero-order valence-electron chi connectivity index (χ0n) is 12.8. The molecular formula is C14H15Br2ClN2O3S2. The van der Waals surface area contributed by atoms with E-state index in [1.807, 2.05) is 19.0 Å². The van der Waals surface area contributed by atoms with Crippen molar-refractivity contribution in [1.29, 1.82) is 0 Å². The molecule has 0 fully saturated rings. The maximum absolute atomic E-state index is 12.4. The number of anilines is 1. The maximum atomic E-state index is 12.4. The number of nitrogens with one attached hydrogen (secondary N) is 1. The summed E-state index contributed by atoms with van der Waals surface area (Å²) in [6, 6.07) is 6.32. The van der Waals surface area contributed by atoms with Crippen molar-refractivity contribution in [2.24, 2.45) is 0 Å². The Morgan fingerprint density at radius 3 is 2.58 bits per heavy atom. The fourth-order valence-corrected chi connectivity index (χ4v) is 5.72. The van der Waals surface area contributed by atoms with Crippen LogP contribution in [0.2, 0.25) is 5.02 Å². The van der Waals surface area contributed by atoms with Crippen molar-refractivity contribution < 1.29 is 13.2 Å². The third kappa shape index (κ3) is 5.34. The highest BCUT2D eigenvalue weighted by molar-refractivity contribution is 9.13. The lowest BCUT2D eigenvalue weighted by molar-refractivity contribution is 0.261. The summed E-state index contributed by atoms with van der Waals surface area (Å²) in [5.74, 6) is 0.437. The van der Waals surface area contributed by atoms with Crippen LogP contribution in [0.4, 0.5) is 5.69 Å². The van der Waals surface area contributed by atoms with Gasteiger partial charge in [-0.1, -0.05) is 11.6 Å². The van der Waals surface area contributed by atoms with Crippen molar-refractivity contribution in [3.63, 3.8) is 0 Å². The number of benzene rings is 1. The minimum atomic E-state index is -3.68. The molecule has 132 valence electrons. The van der Waals surface area contributed by atoms with Gasteiger partial charge < -0.3 is 9.64 Å². The van der Waals surface area contributed by atoms with Crippen LogP contribution in [0.25, 0.3) is 0 Å². The van der Waals surface area contributed by atoms with Gasteiger partial charge in [0, 0.05) is 17.1 Å². The molecule has 1 aromatic heterocycles. The van der Waals surface area contributed by atoms with Crippen molar-refractivity contribution in [3.8, 4) is 5.75 Å². The topological polar surface area (TPSA) is 58.6 Å². The smallest absolute Gasteiger partial charge is 0.271 e. The first kappa shape index (κ1) is 20.0. The normalized spacial score (nSPS) is 11.8. The Labute approximate surface area is 167 Å². The molecule has 0 saturated heterocycles. The van der Waals surface area contributed by atoms with E-state index in [4.69, 9.17) is 16.3 Å². The number of likely N-dealkylation sites (N-methyl/N-ethyl adjacent to an activating group) is 1. The third-order valence-electron chi connectivity index (χ3n) is 2.87. The Kier molecular flexibility index (Phi) is 6.98. The van der Waals surface area contributed by atoms with Crippen molar-refractivity contribution in [2.75, 3.05) is 32.0 Å². The first-order valence-electron chi connectivity index (χ1n) is 6.74. The molecule has 10 heteroatoms. The Hall–Kier alpha value is -0.320. The molecule has 24 heavy (non-hydrogen) atoms. The second-order valence-electron chi connectivity index (χ2n) is 5.09. The molecule has 0 spiro atoms. The van der Waals surface area contributed by atoms with Crippen LogP contribution in [-0.2, 0) is 10.0 Å². The molecule has 0 atom stereocenters. The summed E-state index contributed by atoms with van der Waals surface area (Å²) < 4.78 is 34.6. The fraction of sp³-hybridized carbons (Fsp3) is 0.286. The summed E-state index contributed by atoms with van der Waals surface area (Å²) in [7, 11) is 0.198. The molecule has 0 amide bonds. The van der Waals surface area contributed by atoms with Crippen LogP contribution in [0, 0.1) is 0 Å². The number of ether oxygens (including phenoxy) is 1. The summed E-state index contributed by atoms with van der Waals surface area (Å²) in [6.07, 6.45) is 0. The molecule has 2 rings (SSSR count). The molecule has 1 aromatic carbocycles. The fourth-order valence-electron chi connectivity index (χ4n) is 1.68. The van der Waals surface area contributed by atoms with E-state index < -0.39 is 10.0 Å². The van der Waals surface area contributed by atoms with Gasteiger partial charge in [-0.3, -0.25) is 4.72 Å². The van der Waals surface area contributed by atoms with Gasteiger partial charge in [0.2, 0.25) is 0 Å². The average molecular weight is 519 g/mol. The van der Waals surface area contributed by atoms with E-state index in [1.54, 1.807) is 24.3 Å². The zero-order valence-corrected chi connectivity index (χ0v) is 18.4. The van der Waals surface area contributed by atoms with Crippen LogP contribution in [0.15, 0.2) is 36.7 Å². The molecule has 0 bridgehead atoms. The molecule has 0 aliphatic heterocycles. The van der Waals surface area contributed by atoms with Crippen LogP contribution in [0.1, 0.15) is 0 Å². The number of sulfonamides is 1. The summed E-state index contributed by atoms with van der Waals surface area (Å²) in [5.41, 5.74) is 0.389. The second kappa shape index (κ2) is 8.37. The molecule has 0 aliphatic rings. The molecule has 0 aliphatic carbocycles. The van der Waals surface area contributed by atoms with E-state index in [-0.39, 0.29) is 4.21 Å². The van der Waals surface area contributed by atoms with Gasteiger partial charge in [-0.15, -0.1) is 11.3 Å². The SMILES string of the molecule is CN(C)CCOc1cc(NS(=O)(=O)c2cc(Br)c(Br)s2)ccc1Cl. The molecule has 0 unspecified atom stereocenters. The van der Waals surface area contributed by atoms with Gasteiger partial charge >= 0.3 is 0 Å². The highest BCUT2D eigenvalue weighted by Crippen LogP contribution is 2.36. The number of rotatable bonds is 7. The Balaban J connectivity index is 2.17. The van der Waals surface area contributed by atoms with Gasteiger partial charge in [0.05, 0.1) is 14.5 Å². The van der Waals surface area contributed by atoms with E-state index >= 15 is 0 Å². The van der Waals surface area contributed by atoms with Crippen molar-refractivity contribution in [2.45, 2.75) is 4.21 Å². The van der Waals surface area contributed by atoms with Crippen LogP contribution in [0.5, 0.6) is 5.75 Å². The molecule has 5 nitrogen and oxygen atoms in total. The number of nitrogens with zero attached hydrogens (tertiary/aromatic N) is 1. The number of hydrogen-bond acceptors (Lipinski definition) is 5. The van der Waals surface area contributed by atoms with Gasteiger partial charge in [-0.05, 0) is 64.2 Å². The quantitative estimate of drug-likeness (QED) is 0.579. The lowest BCUT2D eigenvalue weighted by Crippen LogP contribution is -2.19. The van der Waals surface area contributed by atoms with Gasteiger partial charge in [-0.25, -0.2) is 8.42 Å². The predicted molar refractivity (Wildman–Crippen MR) is 106 cm³/mol. The number of halogens is 3. The zero-order chi connectivity index (χ0) is 17.9. The number of thiophene rings is 1. The second-order valence-corrected chi connectivity index (χ2v) is 10.6. The summed E-state index contributed by atoms with van der Waals surface area (Å²) in [5, 5.41) is 0.429. The molecule has 2 aromatic rings. The van der Waals surface area contributed by atoms with Crippen LogP contribution in [-0.4, -0.2) is 40.6 Å². The Morgan fingerprint density at radius 1 is 1.29 bits per heavy atom. The Morgan fingerprint density at radius 2 is 2.00 bits per heavy atom. The van der Waals surface area contributed by atoms with Crippen molar-refractivity contribution >= 4 is 70.5 Å². The maximum Gasteiger partial charge on any atom is 0.271 e. The minimum absolute atomic E-state index is 0.200. The predicted octanol–water partition coefficient (Wildman–Crippen LogP) is 4.67. The lowest BCUT2D eigenvalue weighted by Gasteiger charge is -2.13. The van der Waals surface area contributed by atoms with Crippen LogP contribution in [0.3, 0.4) is 0 Å². The van der Waals surface area contributed by atoms with Crippen LogP contribution < -0.4 is 9.46 Å². The van der Waals surface area contributed by atoms with Gasteiger partial charge in [0.15, 0.2) is 0 Å². The average Bonchev–Trinajstić information content (AvgIpc) is 2.82. The van der Waals surface area contributed by atoms with Gasteiger partial charge in [0.25, 0.3) is 10.0 Å². The molecule has 0 saturated carbocycles. The minimum Gasteiger partial charge on any atom is -0.491 e. The van der Waals surface area contributed by atoms with E-state index in [0.29, 0.717) is 31.3 Å². The summed E-state index contributed by atoms with van der Waals surface area (Å²) >= 11 is 13.8. The molecule has 1 heterocycles. The van der Waals surface area contributed by atoms with E-state index in [0.717, 1.165) is 17.9 Å². The summed E-state index contributed by atoms with van der Waals surface area (Å²) in [6.45, 7) is 1.18. The monoisotopic (exact) mass is 516 g/mol. The highest BCUT2D eigenvalue weighted by atomic mass is 79.9. The first-order chi connectivity index (χ1) is 11.2. The van der Waals surface area contributed by atoms with Gasteiger partial charge in [0.1, 0.15) is 16.6 Å². The molecule has 1 N–H and O–H groups in total. The van der Waals surface area contributed by atoms with E-state index in [2.05, 4.69) is 36.6 Å². The standard InChI is InChI=1S/C14H15Br2ClN2O3S2/c1-19(2)5-6-22-12-7-9(3-4-11(12)17)18-24(20,21)13-8-10(15)14(16)23-13/h3-4,7-8,18H,5-6H2,1-2H3. The first-order valence-corrected chi connectivity index (χ1v) is 11.0. The molecular weight excluding hydrogens is 504 g/mol. The third-order valence-corrected chi connectivity index (χ3v) is 8.29. The van der Waals surface area contributed by atoms with Crippen molar-refractivity contribution in [1.82, 2.24) is 4.90 Å². The van der Waals surface area contributed by atoms with Gasteiger partial charge in [-0.2, -0.15) is 0 Å². The largest absolute Gasteiger partial charge is 0.491 e. The summed E-state index contributed by atoms with van der Waals surface area (Å²) in [4.78, 5) is 1.98. The lowest BCUT2D eigenvalue weighted by atomic mass is 10.3. The van der Waals surface area contributed by atoms with E-state index in [1.165, 1.54) is 0 Å². The van der Waals surface area contributed by atoms with E-state index in [9.17, 15) is 8.42 Å². The highest BCUT2D eigenvalue weighted by Gasteiger charge is 2.19. The molecule has 0 radical (unpaired) electrons. The number of hydrogen-bond donors (Lipinski definition) is 1. The van der Waals surface area contributed by atoms with Crippen molar-refractivity contribution in [3.05, 3.63) is 37.5 Å². The van der Waals surface area contributed by atoms with Crippen LogP contribution >= 0.6 is 54.8 Å².